The van der Waals surface area contributed by atoms with Gasteiger partial charge >= 0.3 is 0 Å². The van der Waals surface area contributed by atoms with Crippen molar-refractivity contribution in [1.29, 1.82) is 0 Å². The van der Waals surface area contributed by atoms with Crippen LogP contribution in [0, 0.1) is 0 Å². The molecule has 1 heterocycles. The number of hydrazine groups is 1. The molecule has 3 N–H and O–H groups in total. The first kappa shape index (κ1) is 16.1. The Hall–Kier alpha value is -2.73. The molecule has 6 heteroatoms. The van der Waals surface area contributed by atoms with Gasteiger partial charge in [-0.3, -0.25) is 15.6 Å². The lowest BCUT2D eigenvalue weighted by atomic mass is 10.1. The highest BCUT2D eigenvalue weighted by Crippen LogP contribution is 2.23. The van der Waals surface area contributed by atoms with Crippen LogP contribution in [0.4, 0.5) is 11.4 Å². The summed E-state index contributed by atoms with van der Waals surface area (Å²) in [6, 6.07) is 17.5. The number of amides is 1. The van der Waals surface area contributed by atoms with Crippen molar-refractivity contribution < 1.29 is 4.79 Å². The topological polar surface area (TPSA) is 65.5 Å². The average molecular weight is 338 g/mol. The molecule has 24 heavy (non-hydrogen) atoms. The predicted octanol–water partition coefficient (Wildman–Crippen LogP) is 3.86. The zero-order valence-corrected chi connectivity index (χ0v) is 14.1. The van der Waals surface area contributed by atoms with E-state index in [2.05, 4.69) is 21.2 Å². The third-order valence-electron chi connectivity index (χ3n) is 3.38. The molecular weight excluding hydrogens is 320 g/mol. The smallest absolute Gasteiger partial charge is 0.224 e. The molecule has 3 rings (SSSR count). The number of aliphatic imine (C=N–C) groups is 1. The third kappa shape index (κ3) is 4.17. The number of carbonyl (C=O) groups is 1. The predicted molar refractivity (Wildman–Crippen MR) is 101 cm³/mol. The van der Waals surface area contributed by atoms with Gasteiger partial charge in [0.2, 0.25) is 5.91 Å². The van der Waals surface area contributed by atoms with Crippen LogP contribution in [0.3, 0.4) is 0 Å². The summed E-state index contributed by atoms with van der Waals surface area (Å²) in [4.78, 5) is 15.9. The first-order chi connectivity index (χ1) is 11.7. The van der Waals surface area contributed by atoms with Gasteiger partial charge in [-0.05, 0) is 24.3 Å². The van der Waals surface area contributed by atoms with Crippen molar-refractivity contribution in [3.8, 4) is 0 Å². The van der Waals surface area contributed by atoms with Gasteiger partial charge in [0.15, 0.2) is 5.17 Å². The zero-order chi connectivity index (χ0) is 16.8. The third-order valence-corrected chi connectivity index (χ3v) is 4.15. The van der Waals surface area contributed by atoms with Crippen LogP contribution < -0.4 is 16.2 Å². The van der Waals surface area contributed by atoms with E-state index in [4.69, 9.17) is 0 Å². The first-order valence-electron chi connectivity index (χ1n) is 7.67. The number of nitrogens with zero attached hydrogens (tertiary/aromatic N) is 1. The van der Waals surface area contributed by atoms with E-state index in [1.54, 1.807) is 0 Å². The molecule has 122 valence electrons. The van der Waals surface area contributed by atoms with Gasteiger partial charge in [0.1, 0.15) is 0 Å². The number of hydrogen-bond acceptors (Lipinski definition) is 4. The van der Waals surface area contributed by atoms with E-state index in [-0.39, 0.29) is 5.91 Å². The van der Waals surface area contributed by atoms with E-state index in [1.807, 2.05) is 66.9 Å². The Kier molecular flexibility index (Phi) is 5.18. The monoisotopic (exact) mass is 338 g/mol. The molecule has 0 bridgehead atoms. The number of hydrogen-bond donors (Lipinski definition) is 3. The molecule has 0 unspecified atom stereocenters. The number of benzene rings is 2. The maximum Gasteiger partial charge on any atom is 0.224 e. The molecular formula is C18H18N4OS. The van der Waals surface area contributed by atoms with Crippen LogP contribution in [0.2, 0.25) is 0 Å². The van der Waals surface area contributed by atoms with Crippen molar-refractivity contribution in [2.45, 2.75) is 13.3 Å². The molecule has 2 aromatic carbocycles. The second-order valence-corrected chi connectivity index (χ2v) is 5.99. The minimum absolute atomic E-state index is 0.0109. The van der Waals surface area contributed by atoms with Gasteiger partial charge in [0, 0.05) is 23.1 Å². The van der Waals surface area contributed by atoms with Crippen molar-refractivity contribution >= 4 is 39.9 Å². The summed E-state index contributed by atoms with van der Waals surface area (Å²) in [5.74, 6) is 0.0109. The molecule has 1 amide bonds. The molecule has 5 nitrogen and oxygen atoms in total. The van der Waals surface area contributed by atoms with Crippen molar-refractivity contribution in [3.05, 3.63) is 65.6 Å². The summed E-state index contributed by atoms with van der Waals surface area (Å²) >= 11 is 1.52. The van der Waals surface area contributed by atoms with Gasteiger partial charge in [0.25, 0.3) is 0 Å². The van der Waals surface area contributed by atoms with Crippen molar-refractivity contribution in [2.24, 2.45) is 4.99 Å². The number of amidine groups is 1. The molecule has 0 fully saturated rings. The fourth-order valence-electron chi connectivity index (χ4n) is 2.09. The minimum Gasteiger partial charge on any atom is -0.326 e. The Bertz CT molecular complexity index is 769. The fourth-order valence-corrected chi connectivity index (χ4v) is 2.78. The number of anilines is 1. The van der Waals surface area contributed by atoms with E-state index in [0.29, 0.717) is 6.42 Å². The van der Waals surface area contributed by atoms with Gasteiger partial charge in [-0.1, -0.05) is 49.0 Å². The minimum atomic E-state index is 0.0109. The van der Waals surface area contributed by atoms with Gasteiger partial charge in [0.05, 0.1) is 11.4 Å². The van der Waals surface area contributed by atoms with Gasteiger partial charge in [-0.2, -0.15) is 0 Å². The lowest BCUT2D eigenvalue weighted by Crippen LogP contribution is -2.36. The Morgan fingerprint density at radius 3 is 2.46 bits per heavy atom. The van der Waals surface area contributed by atoms with Crippen LogP contribution in [0.15, 0.2) is 65.0 Å². The largest absolute Gasteiger partial charge is 0.326 e. The summed E-state index contributed by atoms with van der Waals surface area (Å²) in [7, 11) is 0. The number of nitrogens with one attached hydrogen (secondary N) is 3. The maximum absolute atomic E-state index is 11.4. The normalized spacial score (nSPS) is 15.2. The summed E-state index contributed by atoms with van der Waals surface area (Å²) in [6.45, 7) is 1.83. The zero-order valence-electron chi connectivity index (χ0n) is 13.2. The SMILES string of the molecule is CCC(=O)Nc1ccc(C2=CSC(=Nc3ccccc3)NN2)cc1. The van der Waals surface area contributed by atoms with Crippen LogP contribution in [-0.4, -0.2) is 11.1 Å². The van der Waals surface area contributed by atoms with Crippen LogP contribution in [-0.2, 0) is 4.79 Å². The highest BCUT2D eigenvalue weighted by atomic mass is 32.2. The maximum atomic E-state index is 11.4. The number of carbonyl (C=O) groups excluding carboxylic acids is 1. The second-order valence-electron chi connectivity index (χ2n) is 5.13. The molecule has 0 radical (unpaired) electrons. The van der Waals surface area contributed by atoms with Crippen molar-refractivity contribution in [1.82, 2.24) is 10.9 Å². The molecule has 0 aliphatic carbocycles. The van der Waals surface area contributed by atoms with Crippen LogP contribution in [0.5, 0.6) is 0 Å². The summed E-state index contributed by atoms with van der Waals surface area (Å²) in [5, 5.41) is 5.64. The van der Waals surface area contributed by atoms with Crippen molar-refractivity contribution in [3.63, 3.8) is 0 Å². The summed E-state index contributed by atoms with van der Waals surface area (Å²) in [6.07, 6.45) is 0.471. The van der Waals surface area contributed by atoms with Crippen LogP contribution >= 0.6 is 11.8 Å². The molecule has 0 aromatic heterocycles. The summed E-state index contributed by atoms with van der Waals surface area (Å²) < 4.78 is 0. The number of rotatable bonds is 4. The van der Waals surface area contributed by atoms with Crippen LogP contribution in [0.1, 0.15) is 18.9 Å². The van der Waals surface area contributed by atoms with Gasteiger partial charge < -0.3 is 5.32 Å². The Balaban J connectivity index is 1.66. The van der Waals surface area contributed by atoms with E-state index in [1.165, 1.54) is 11.8 Å². The van der Waals surface area contributed by atoms with E-state index in [0.717, 1.165) is 27.8 Å². The summed E-state index contributed by atoms with van der Waals surface area (Å²) in [5.41, 5.74) is 9.94. The Labute approximate surface area is 145 Å². The molecule has 0 saturated heterocycles. The second kappa shape index (κ2) is 7.70. The van der Waals surface area contributed by atoms with E-state index in [9.17, 15) is 4.79 Å². The van der Waals surface area contributed by atoms with Crippen molar-refractivity contribution in [2.75, 3.05) is 5.32 Å². The lowest BCUT2D eigenvalue weighted by molar-refractivity contribution is -0.115. The highest BCUT2D eigenvalue weighted by Gasteiger charge is 2.10. The average Bonchev–Trinajstić information content (AvgIpc) is 2.64. The van der Waals surface area contributed by atoms with Crippen LogP contribution in [0.25, 0.3) is 5.70 Å². The standard InChI is InChI=1S/C18H18N4OS/c1-2-17(23)19-15-10-8-13(9-11-15)16-12-24-18(22-21-16)20-14-6-4-3-5-7-14/h3-12,21H,2H2,1H3,(H,19,23)(H,20,22). The Morgan fingerprint density at radius 1 is 1.08 bits per heavy atom. The number of thioether (sulfide) groups is 1. The lowest BCUT2D eigenvalue weighted by Gasteiger charge is -2.19. The number of para-hydroxylation sites is 1. The molecule has 0 atom stereocenters. The van der Waals surface area contributed by atoms with Gasteiger partial charge in [-0.25, -0.2) is 4.99 Å². The fraction of sp³-hybridized carbons (Fsp3) is 0.111. The Morgan fingerprint density at radius 2 is 1.83 bits per heavy atom. The molecule has 2 aromatic rings. The molecule has 1 aliphatic rings. The molecule has 0 spiro atoms. The van der Waals surface area contributed by atoms with E-state index < -0.39 is 0 Å². The molecule has 0 saturated carbocycles. The highest BCUT2D eigenvalue weighted by molar-refractivity contribution is 8.16. The van der Waals surface area contributed by atoms with Gasteiger partial charge in [-0.15, -0.1) is 0 Å². The molecule has 1 aliphatic heterocycles. The quantitative estimate of drug-likeness (QED) is 0.792. The first-order valence-corrected chi connectivity index (χ1v) is 8.55. The van der Waals surface area contributed by atoms with E-state index >= 15 is 0 Å².